The van der Waals surface area contributed by atoms with Crippen molar-refractivity contribution in [2.24, 2.45) is 0 Å². The number of nitrogens with zero attached hydrogens (tertiary/aromatic N) is 2. The molecule has 2 aromatic rings. The largest absolute Gasteiger partial charge is 0.440 e. The average Bonchev–Trinajstić information content (AvgIpc) is 3.10. The number of hydrogen-bond acceptors (Lipinski definition) is 5. The SMILES string of the molecule is CC1(C)NC(=O)N(CCSCc2ncc(-c3ccc(Cl)cc3)o2)C1=O. The Hall–Kier alpha value is -1.99. The molecule has 1 aromatic heterocycles. The van der Waals surface area contributed by atoms with Crippen molar-refractivity contribution in [3.63, 3.8) is 0 Å². The fourth-order valence-corrected chi connectivity index (χ4v) is 3.35. The third kappa shape index (κ3) is 3.99. The van der Waals surface area contributed by atoms with Crippen LogP contribution < -0.4 is 5.32 Å². The molecule has 1 aromatic carbocycles. The molecule has 6 nitrogen and oxygen atoms in total. The normalized spacial score (nSPS) is 16.4. The molecule has 0 saturated carbocycles. The zero-order chi connectivity index (χ0) is 18.0. The summed E-state index contributed by atoms with van der Waals surface area (Å²) in [6, 6.07) is 7.01. The third-order valence-electron chi connectivity index (χ3n) is 3.81. The van der Waals surface area contributed by atoms with E-state index in [2.05, 4.69) is 10.3 Å². The lowest BCUT2D eigenvalue weighted by Gasteiger charge is -2.15. The highest BCUT2D eigenvalue weighted by Crippen LogP contribution is 2.24. The number of halogens is 1. The fourth-order valence-electron chi connectivity index (χ4n) is 2.46. The van der Waals surface area contributed by atoms with Crippen molar-refractivity contribution in [2.45, 2.75) is 25.1 Å². The van der Waals surface area contributed by atoms with E-state index in [4.69, 9.17) is 16.0 Å². The van der Waals surface area contributed by atoms with Crippen LogP contribution in [0.3, 0.4) is 0 Å². The molecule has 132 valence electrons. The fraction of sp³-hybridized carbons (Fsp3) is 0.353. The Bertz CT molecular complexity index is 789. The number of carbonyl (C=O) groups is 2. The minimum absolute atomic E-state index is 0.195. The van der Waals surface area contributed by atoms with Gasteiger partial charge in [0.25, 0.3) is 5.91 Å². The summed E-state index contributed by atoms with van der Waals surface area (Å²) in [5.41, 5.74) is 0.0901. The monoisotopic (exact) mass is 379 g/mol. The van der Waals surface area contributed by atoms with Crippen LogP contribution in [-0.4, -0.2) is 39.7 Å². The van der Waals surface area contributed by atoms with Crippen LogP contribution in [0.15, 0.2) is 34.9 Å². The highest BCUT2D eigenvalue weighted by molar-refractivity contribution is 7.98. The molecular weight excluding hydrogens is 362 g/mol. The number of nitrogens with one attached hydrogen (secondary N) is 1. The van der Waals surface area contributed by atoms with Crippen LogP contribution in [0.2, 0.25) is 5.02 Å². The number of urea groups is 1. The van der Waals surface area contributed by atoms with Crippen LogP contribution in [0.1, 0.15) is 19.7 Å². The Labute approximate surface area is 154 Å². The van der Waals surface area contributed by atoms with Crippen molar-refractivity contribution in [1.29, 1.82) is 0 Å². The number of aromatic nitrogens is 1. The van der Waals surface area contributed by atoms with E-state index < -0.39 is 5.54 Å². The first kappa shape index (κ1) is 17.8. The lowest BCUT2D eigenvalue weighted by molar-refractivity contribution is -0.130. The summed E-state index contributed by atoms with van der Waals surface area (Å²) in [7, 11) is 0. The van der Waals surface area contributed by atoms with E-state index in [1.807, 2.05) is 12.1 Å². The maximum absolute atomic E-state index is 12.1. The number of hydrogen-bond donors (Lipinski definition) is 1. The Morgan fingerprint density at radius 3 is 2.64 bits per heavy atom. The van der Waals surface area contributed by atoms with E-state index in [0.29, 0.717) is 34.7 Å². The maximum Gasteiger partial charge on any atom is 0.325 e. The van der Waals surface area contributed by atoms with Crippen molar-refractivity contribution in [2.75, 3.05) is 12.3 Å². The molecule has 0 spiro atoms. The van der Waals surface area contributed by atoms with Gasteiger partial charge in [-0.05, 0) is 38.1 Å². The third-order valence-corrected chi connectivity index (χ3v) is 4.99. The molecule has 0 aliphatic carbocycles. The molecule has 0 unspecified atom stereocenters. The molecule has 0 radical (unpaired) electrons. The number of imide groups is 1. The van der Waals surface area contributed by atoms with Crippen LogP contribution in [0.5, 0.6) is 0 Å². The first-order chi connectivity index (χ1) is 11.9. The standard InChI is InChI=1S/C17H18ClN3O3S/c1-17(2)15(22)21(16(23)20-17)7-8-25-10-14-19-9-13(24-14)11-3-5-12(18)6-4-11/h3-6,9H,7-8,10H2,1-2H3,(H,20,23). The Kier molecular flexibility index (Phi) is 5.06. The molecular formula is C17H18ClN3O3S. The molecule has 3 amide bonds. The van der Waals surface area contributed by atoms with Crippen LogP contribution in [0.4, 0.5) is 4.79 Å². The number of thioether (sulfide) groups is 1. The van der Waals surface area contributed by atoms with E-state index in [9.17, 15) is 9.59 Å². The number of carbonyl (C=O) groups excluding carboxylic acids is 2. The second kappa shape index (κ2) is 7.09. The topological polar surface area (TPSA) is 75.4 Å². The van der Waals surface area contributed by atoms with Gasteiger partial charge in [0.15, 0.2) is 5.76 Å². The molecule has 2 heterocycles. The van der Waals surface area contributed by atoms with Gasteiger partial charge in [-0.25, -0.2) is 9.78 Å². The van der Waals surface area contributed by atoms with Crippen molar-refractivity contribution < 1.29 is 14.0 Å². The van der Waals surface area contributed by atoms with E-state index in [1.165, 1.54) is 4.90 Å². The van der Waals surface area contributed by atoms with Gasteiger partial charge in [0.2, 0.25) is 5.89 Å². The predicted molar refractivity (Wildman–Crippen MR) is 97.4 cm³/mol. The molecule has 0 atom stereocenters. The van der Waals surface area contributed by atoms with Gasteiger partial charge >= 0.3 is 6.03 Å². The van der Waals surface area contributed by atoms with Gasteiger partial charge in [-0.3, -0.25) is 9.69 Å². The number of benzene rings is 1. The van der Waals surface area contributed by atoms with Crippen LogP contribution in [0, 0.1) is 0 Å². The molecule has 1 aliphatic rings. The second-order valence-corrected chi connectivity index (χ2v) is 7.73. The van der Waals surface area contributed by atoms with Gasteiger partial charge in [0.1, 0.15) is 5.54 Å². The number of rotatable bonds is 6. The van der Waals surface area contributed by atoms with Gasteiger partial charge in [0, 0.05) is 22.9 Å². The van der Waals surface area contributed by atoms with Crippen LogP contribution in [-0.2, 0) is 10.5 Å². The molecule has 8 heteroatoms. The summed E-state index contributed by atoms with van der Waals surface area (Å²) < 4.78 is 5.72. The molecule has 1 N–H and O–H groups in total. The predicted octanol–water partition coefficient (Wildman–Crippen LogP) is 3.56. The minimum atomic E-state index is -0.822. The highest BCUT2D eigenvalue weighted by atomic mass is 35.5. The number of oxazole rings is 1. The number of amides is 3. The van der Waals surface area contributed by atoms with E-state index in [-0.39, 0.29) is 11.9 Å². The first-order valence-electron chi connectivity index (χ1n) is 7.79. The lowest BCUT2D eigenvalue weighted by Crippen LogP contribution is -2.40. The van der Waals surface area contributed by atoms with Crippen molar-refractivity contribution in [3.05, 3.63) is 41.4 Å². The summed E-state index contributed by atoms with van der Waals surface area (Å²) in [6.07, 6.45) is 1.68. The zero-order valence-electron chi connectivity index (χ0n) is 13.9. The van der Waals surface area contributed by atoms with E-state index in [1.54, 1.807) is 43.9 Å². The summed E-state index contributed by atoms with van der Waals surface area (Å²) >= 11 is 7.43. The van der Waals surface area contributed by atoms with Crippen LogP contribution in [0.25, 0.3) is 11.3 Å². The van der Waals surface area contributed by atoms with Crippen LogP contribution >= 0.6 is 23.4 Å². The van der Waals surface area contributed by atoms with Gasteiger partial charge in [0.05, 0.1) is 11.9 Å². The molecule has 0 bridgehead atoms. The van der Waals surface area contributed by atoms with Crippen molar-refractivity contribution in [3.8, 4) is 11.3 Å². The zero-order valence-corrected chi connectivity index (χ0v) is 15.5. The summed E-state index contributed by atoms with van der Waals surface area (Å²) in [6.45, 7) is 3.76. The van der Waals surface area contributed by atoms with Crippen molar-refractivity contribution in [1.82, 2.24) is 15.2 Å². The molecule has 1 aliphatic heterocycles. The molecule has 3 rings (SSSR count). The highest BCUT2D eigenvalue weighted by Gasteiger charge is 2.43. The quantitative estimate of drug-likeness (QED) is 0.613. The summed E-state index contributed by atoms with van der Waals surface area (Å²) in [4.78, 5) is 29.4. The van der Waals surface area contributed by atoms with Gasteiger partial charge < -0.3 is 9.73 Å². The Morgan fingerprint density at radius 1 is 1.28 bits per heavy atom. The van der Waals surface area contributed by atoms with Gasteiger partial charge in [-0.2, -0.15) is 11.8 Å². The Morgan fingerprint density at radius 2 is 2.00 bits per heavy atom. The smallest absolute Gasteiger partial charge is 0.325 e. The van der Waals surface area contributed by atoms with E-state index in [0.717, 1.165) is 5.56 Å². The Balaban J connectivity index is 1.49. The molecule has 1 fully saturated rings. The van der Waals surface area contributed by atoms with Crippen molar-refractivity contribution >= 4 is 35.3 Å². The maximum atomic E-state index is 12.1. The molecule has 1 saturated heterocycles. The average molecular weight is 380 g/mol. The van der Waals surface area contributed by atoms with Gasteiger partial charge in [-0.1, -0.05) is 11.6 Å². The molecule has 25 heavy (non-hydrogen) atoms. The summed E-state index contributed by atoms with van der Waals surface area (Å²) in [5, 5.41) is 3.33. The first-order valence-corrected chi connectivity index (χ1v) is 9.32. The summed E-state index contributed by atoms with van der Waals surface area (Å²) in [5.74, 6) is 2.28. The lowest BCUT2D eigenvalue weighted by atomic mass is 10.1. The van der Waals surface area contributed by atoms with E-state index >= 15 is 0 Å². The minimum Gasteiger partial charge on any atom is -0.440 e. The second-order valence-electron chi connectivity index (χ2n) is 6.19. The van der Waals surface area contributed by atoms with Gasteiger partial charge in [-0.15, -0.1) is 0 Å².